The minimum atomic E-state index is -0.900. The molecule has 6 heteroatoms. The van der Waals surface area contributed by atoms with Crippen molar-refractivity contribution in [2.24, 2.45) is 5.92 Å². The van der Waals surface area contributed by atoms with Crippen LogP contribution in [-0.4, -0.2) is 29.3 Å². The summed E-state index contributed by atoms with van der Waals surface area (Å²) in [7, 11) is 0. The normalized spacial score (nSPS) is 28.2. The first-order valence-corrected chi connectivity index (χ1v) is 10.2. The lowest BCUT2D eigenvalue weighted by atomic mass is 9.78. The molecule has 3 aliphatic rings. The Kier molecular flexibility index (Phi) is 4.18. The van der Waals surface area contributed by atoms with Gasteiger partial charge in [-0.15, -0.1) is 0 Å². The highest BCUT2D eigenvalue weighted by Gasteiger charge is 2.65. The van der Waals surface area contributed by atoms with E-state index in [1.807, 2.05) is 48.5 Å². The molecule has 3 aliphatic heterocycles. The van der Waals surface area contributed by atoms with Crippen LogP contribution >= 0.6 is 11.6 Å². The first-order valence-electron chi connectivity index (χ1n) is 9.81. The molecule has 2 aromatic carbocycles. The van der Waals surface area contributed by atoms with Crippen molar-refractivity contribution in [1.29, 1.82) is 0 Å². The van der Waals surface area contributed by atoms with Gasteiger partial charge in [0.05, 0.1) is 5.92 Å². The van der Waals surface area contributed by atoms with Crippen molar-refractivity contribution >= 4 is 29.1 Å². The lowest BCUT2D eigenvalue weighted by Gasteiger charge is -2.36. The molecule has 1 spiro atoms. The molecule has 0 bridgehead atoms. The predicted octanol–water partition coefficient (Wildman–Crippen LogP) is 3.29. The van der Waals surface area contributed by atoms with E-state index >= 15 is 0 Å². The average Bonchev–Trinajstić information content (AvgIpc) is 3.35. The fourth-order valence-electron chi connectivity index (χ4n) is 5.33. The Labute approximate surface area is 169 Å². The number of amides is 2. The van der Waals surface area contributed by atoms with Crippen molar-refractivity contribution in [3.05, 3.63) is 64.7 Å². The molecule has 5 nitrogen and oxygen atoms in total. The van der Waals surface area contributed by atoms with Crippen LogP contribution in [0.3, 0.4) is 0 Å². The van der Waals surface area contributed by atoms with Crippen LogP contribution in [0, 0.1) is 5.92 Å². The summed E-state index contributed by atoms with van der Waals surface area (Å²) in [6, 6.07) is 15.5. The Morgan fingerprint density at radius 2 is 2.00 bits per heavy atom. The van der Waals surface area contributed by atoms with Gasteiger partial charge in [0.15, 0.2) is 0 Å². The fraction of sp³-hybridized carbons (Fsp3) is 0.364. The third kappa shape index (κ3) is 2.43. The first kappa shape index (κ1) is 17.7. The van der Waals surface area contributed by atoms with E-state index in [-0.39, 0.29) is 17.9 Å². The summed E-state index contributed by atoms with van der Waals surface area (Å²) < 4.78 is 0. The molecule has 2 fully saturated rings. The molecular weight excluding hydrogens is 374 g/mol. The van der Waals surface area contributed by atoms with E-state index in [0.717, 1.165) is 36.2 Å². The molecule has 3 heterocycles. The van der Waals surface area contributed by atoms with E-state index in [2.05, 4.69) is 15.5 Å². The van der Waals surface area contributed by atoms with Gasteiger partial charge in [-0.25, -0.2) is 0 Å². The topological polar surface area (TPSA) is 61.4 Å². The monoisotopic (exact) mass is 395 g/mol. The van der Waals surface area contributed by atoms with Gasteiger partial charge in [-0.1, -0.05) is 48.0 Å². The Hall–Kier alpha value is -2.37. The molecule has 2 saturated heterocycles. The Balaban J connectivity index is 1.49. The van der Waals surface area contributed by atoms with E-state index in [1.165, 1.54) is 0 Å². The second-order valence-corrected chi connectivity index (χ2v) is 8.26. The summed E-state index contributed by atoms with van der Waals surface area (Å²) >= 11 is 6.23. The third-order valence-corrected chi connectivity index (χ3v) is 6.87. The summed E-state index contributed by atoms with van der Waals surface area (Å²) in [6.45, 7) is 1.21. The van der Waals surface area contributed by atoms with Crippen molar-refractivity contribution in [2.45, 2.75) is 37.4 Å². The SMILES string of the molecule is O=C(NCc1ccccc1Cl)[C@H]1C[C@H]2CCCN2[C@]12C(=O)Nc1ccccc12. The average molecular weight is 396 g/mol. The molecule has 144 valence electrons. The summed E-state index contributed by atoms with van der Waals surface area (Å²) in [4.78, 5) is 28.9. The van der Waals surface area contributed by atoms with Crippen molar-refractivity contribution in [1.82, 2.24) is 10.2 Å². The van der Waals surface area contributed by atoms with Crippen molar-refractivity contribution in [2.75, 3.05) is 11.9 Å². The quantitative estimate of drug-likeness (QED) is 0.838. The molecule has 2 aromatic rings. The van der Waals surface area contributed by atoms with Gasteiger partial charge in [0, 0.05) is 28.9 Å². The Morgan fingerprint density at radius 3 is 2.86 bits per heavy atom. The smallest absolute Gasteiger partial charge is 0.250 e. The maximum atomic E-state index is 13.3. The molecule has 0 aromatic heterocycles. The van der Waals surface area contributed by atoms with E-state index in [0.29, 0.717) is 18.0 Å². The van der Waals surface area contributed by atoms with Gasteiger partial charge in [-0.2, -0.15) is 0 Å². The number of carbonyl (C=O) groups excluding carboxylic acids is 2. The number of halogens is 1. The summed E-state index contributed by atoms with van der Waals surface area (Å²) in [5.41, 5.74) is 1.73. The molecule has 28 heavy (non-hydrogen) atoms. The first-order chi connectivity index (χ1) is 13.6. The van der Waals surface area contributed by atoms with Crippen LogP contribution in [0.15, 0.2) is 48.5 Å². The zero-order chi connectivity index (χ0) is 19.3. The molecule has 2 N–H and O–H groups in total. The number of anilines is 1. The summed E-state index contributed by atoms with van der Waals surface area (Å²) in [5, 5.41) is 6.71. The Morgan fingerprint density at radius 1 is 1.21 bits per heavy atom. The van der Waals surface area contributed by atoms with Gasteiger partial charge in [-0.3, -0.25) is 14.5 Å². The number of fused-ring (bicyclic) bond motifs is 4. The number of rotatable bonds is 3. The van der Waals surface area contributed by atoms with E-state index in [9.17, 15) is 9.59 Å². The number of carbonyl (C=O) groups is 2. The third-order valence-electron chi connectivity index (χ3n) is 6.50. The second-order valence-electron chi connectivity index (χ2n) is 7.85. The van der Waals surface area contributed by atoms with Crippen LogP contribution in [0.25, 0.3) is 0 Å². The minimum absolute atomic E-state index is 0.0732. The fourth-order valence-corrected chi connectivity index (χ4v) is 5.53. The highest BCUT2D eigenvalue weighted by molar-refractivity contribution is 6.31. The maximum absolute atomic E-state index is 13.3. The van der Waals surface area contributed by atoms with Crippen molar-refractivity contribution in [3.63, 3.8) is 0 Å². The maximum Gasteiger partial charge on any atom is 0.250 e. The van der Waals surface area contributed by atoms with Crippen LogP contribution in [-0.2, 0) is 21.7 Å². The molecular formula is C22H22ClN3O2. The molecule has 0 saturated carbocycles. The molecule has 0 aliphatic carbocycles. The number of hydrogen-bond acceptors (Lipinski definition) is 3. The summed E-state index contributed by atoms with van der Waals surface area (Å²) in [6.07, 6.45) is 2.80. The van der Waals surface area contributed by atoms with Crippen LogP contribution in [0.4, 0.5) is 5.69 Å². The predicted molar refractivity (Wildman–Crippen MR) is 108 cm³/mol. The van der Waals surface area contributed by atoms with E-state index in [4.69, 9.17) is 11.6 Å². The Bertz CT molecular complexity index is 962. The van der Waals surface area contributed by atoms with Crippen LogP contribution in [0.5, 0.6) is 0 Å². The minimum Gasteiger partial charge on any atom is -0.352 e. The van der Waals surface area contributed by atoms with Gasteiger partial charge in [0.1, 0.15) is 5.54 Å². The second kappa shape index (κ2) is 6.61. The zero-order valence-corrected chi connectivity index (χ0v) is 16.2. The molecule has 3 atom stereocenters. The van der Waals surface area contributed by atoms with Gasteiger partial charge in [0.25, 0.3) is 0 Å². The molecule has 0 radical (unpaired) electrons. The number of nitrogens with one attached hydrogen (secondary N) is 2. The molecule has 2 amide bonds. The highest BCUT2D eigenvalue weighted by atomic mass is 35.5. The van der Waals surface area contributed by atoms with Gasteiger partial charge in [0.2, 0.25) is 11.8 Å². The lowest BCUT2D eigenvalue weighted by molar-refractivity contribution is -0.137. The molecule has 5 rings (SSSR count). The van der Waals surface area contributed by atoms with E-state index in [1.54, 1.807) is 0 Å². The van der Waals surface area contributed by atoms with Crippen LogP contribution < -0.4 is 10.6 Å². The highest BCUT2D eigenvalue weighted by Crippen LogP contribution is 2.55. The summed E-state index contributed by atoms with van der Waals surface area (Å²) in [5.74, 6) is -0.568. The van der Waals surface area contributed by atoms with Crippen molar-refractivity contribution < 1.29 is 9.59 Å². The largest absolute Gasteiger partial charge is 0.352 e. The van der Waals surface area contributed by atoms with Gasteiger partial charge in [-0.05, 0) is 43.5 Å². The van der Waals surface area contributed by atoms with Crippen LogP contribution in [0.2, 0.25) is 5.02 Å². The number of para-hydroxylation sites is 1. The number of nitrogens with zero attached hydrogens (tertiary/aromatic N) is 1. The van der Waals surface area contributed by atoms with Gasteiger partial charge >= 0.3 is 0 Å². The lowest BCUT2D eigenvalue weighted by Crippen LogP contribution is -2.54. The zero-order valence-electron chi connectivity index (χ0n) is 15.5. The standard InChI is InChI=1S/C22H22ClN3O2/c23-18-9-3-1-6-14(18)13-24-20(27)17-12-15-7-5-11-26(15)22(17)16-8-2-4-10-19(16)25-21(22)28/h1-4,6,8-10,15,17H,5,7,11-13H2,(H,24,27)(H,25,28)/t15-,17-,22+/m1/s1. The number of hydrogen-bond donors (Lipinski definition) is 2. The van der Waals surface area contributed by atoms with Crippen LogP contribution in [0.1, 0.15) is 30.4 Å². The van der Waals surface area contributed by atoms with E-state index < -0.39 is 11.5 Å². The molecule has 0 unspecified atom stereocenters. The number of benzene rings is 2. The van der Waals surface area contributed by atoms with Gasteiger partial charge < -0.3 is 10.6 Å². The van der Waals surface area contributed by atoms with Crippen molar-refractivity contribution in [3.8, 4) is 0 Å².